The van der Waals surface area contributed by atoms with E-state index in [2.05, 4.69) is 5.32 Å². The maximum atomic E-state index is 13.7. The summed E-state index contributed by atoms with van der Waals surface area (Å²) < 4.78 is 38.5. The monoisotopic (exact) mass is 664 g/mol. The molecule has 2 saturated heterocycles. The normalized spacial score (nSPS) is 19.7. The van der Waals surface area contributed by atoms with Gasteiger partial charge < -0.3 is 29.9 Å². The first kappa shape index (κ1) is 35.1. The molecule has 0 bridgehead atoms. The Hall–Kier alpha value is -4.19. The van der Waals surface area contributed by atoms with Gasteiger partial charge in [-0.2, -0.15) is 0 Å². The number of β-lactam (4-membered cyclic amide) rings is 1. The Morgan fingerprint density at radius 3 is 2.19 bits per heavy atom. The van der Waals surface area contributed by atoms with Gasteiger partial charge in [0, 0.05) is 11.7 Å². The number of nitrogens with zero attached hydrogens (tertiary/aromatic N) is 1. The number of carbonyl (C=O) groups is 3. The number of hydrogen-bond donors (Lipinski definition) is 3. The fourth-order valence-corrected chi connectivity index (χ4v) is 6.28. The zero-order valence-electron chi connectivity index (χ0n) is 27.1. The van der Waals surface area contributed by atoms with Crippen molar-refractivity contribution in [1.29, 1.82) is 0 Å². The molecule has 0 radical (unpaired) electrons. The zero-order chi connectivity index (χ0) is 34.4. The van der Waals surface area contributed by atoms with Crippen LogP contribution in [-0.2, 0) is 30.3 Å². The van der Waals surface area contributed by atoms with Crippen LogP contribution >= 0.6 is 0 Å². The molecule has 3 aromatic rings. The van der Waals surface area contributed by atoms with Gasteiger partial charge in [-0.15, -0.1) is 0 Å². The molecule has 2 fully saturated rings. The summed E-state index contributed by atoms with van der Waals surface area (Å²) >= 11 is 0. The van der Waals surface area contributed by atoms with E-state index in [4.69, 9.17) is 14.6 Å². The summed E-state index contributed by atoms with van der Waals surface area (Å²) in [6.45, 7) is 4.21. The fourth-order valence-electron chi connectivity index (χ4n) is 6.28. The Labute approximate surface area is 278 Å². The van der Waals surface area contributed by atoms with E-state index in [0.717, 1.165) is 11.1 Å². The number of aryl methyl sites for hydroxylation is 1. The summed E-state index contributed by atoms with van der Waals surface area (Å²) in [5, 5.41) is 22.6. The van der Waals surface area contributed by atoms with E-state index >= 15 is 0 Å². The SMILES string of the molecule is CC(C)C(CC(=O)O)NC(=O)COC1(CCc2ccc(C3[C@@H](CCC(O)c4ccc(F)cc4)C(=O)N3c3ccc(F)cc3)cc2)COC1. The third-order valence-electron chi connectivity index (χ3n) is 9.30. The average Bonchev–Trinajstić information content (AvgIpc) is 3.04. The number of aliphatic carboxylic acids is 1. The Morgan fingerprint density at radius 1 is 1.00 bits per heavy atom. The van der Waals surface area contributed by atoms with Gasteiger partial charge in [0.05, 0.1) is 37.7 Å². The van der Waals surface area contributed by atoms with Crippen LogP contribution in [0.25, 0.3) is 0 Å². The molecule has 2 heterocycles. The van der Waals surface area contributed by atoms with Gasteiger partial charge in [-0.3, -0.25) is 14.4 Å². The molecule has 11 heteroatoms. The van der Waals surface area contributed by atoms with E-state index in [-0.39, 0.29) is 42.6 Å². The molecular formula is C37H42F2N2O7. The van der Waals surface area contributed by atoms with Gasteiger partial charge in [-0.25, -0.2) is 8.78 Å². The van der Waals surface area contributed by atoms with Crippen molar-refractivity contribution >= 4 is 23.5 Å². The second kappa shape index (κ2) is 15.4. The van der Waals surface area contributed by atoms with Crippen LogP contribution < -0.4 is 10.2 Å². The maximum Gasteiger partial charge on any atom is 0.305 e. The Morgan fingerprint density at radius 2 is 1.62 bits per heavy atom. The van der Waals surface area contributed by atoms with Crippen LogP contribution in [0.5, 0.6) is 0 Å². The highest BCUT2D eigenvalue weighted by atomic mass is 19.1. The molecule has 3 N–H and O–H groups in total. The number of carbonyl (C=O) groups excluding carboxylic acids is 2. The van der Waals surface area contributed by atoms with Gasteiger partial charge in [-0.05, 0) is 84.7 Å². The predicted molar refractivity (Wildman–Crippen MR) is 174 cm³/mol. The van der Waals surface area contributed by atoms with Crippen LogP contribution in [0.2, 0.25) is 0 Å². The number of aliphatic hydroxyl groups is 1. The number of aliphatic hydroxyl groups excluding tert-OH is 1. The number of halogens is 2. The topological polar surface area (TPSA) is 125 Å². The summed E-state index contributed by atoms with van der Waals surface area (Å²) in [5.41, 5.74) is 2.48. The van der Waals surface area contributed by atoms with Gasteiger partial charge in [0.25, 0.3) is 0 Å². The maximum absolute atomic E-state index is 13.7. The van der Waals surface area contributed by atoms with Crippen molar-refractivity contribution < 1.29 is 42.9 Å². The van der Waals surface area contributed by atoms with Crippen molar-refractivity contribution in [3.05, 3.63) is 101 Å². The lowest BCUT2D eigenvalue weighted by Gasteiger charge is -2.48. The number of hydrogen-bond acceptors (Lipinski definition) is 6. The Kier molecular flexibility index (Phi) is 11.2. The van der Waals surface area contributed by atoms with Gasteiger partial charge in [0.15, 0.2) is 0 Å². The number of anilines is 1. The lowest BCUT2D eigenvalue weighted by molar-refractivity contribution is -0.212. The van der Waals surface area contributed by atoms with Crippen molar-refractivity contribution in [2.24, 2.45) is 11.8 Å². The molecule has 5 rings (SSSR count). The van der Waals surface area contributed by atoms with Crippen molar-refractivity contribution in [2.45, 2.75) is 69.7 Å². The molecule has 9 nitrogen and oxygen atoms in total. The van der Waals surface area contributed by atoms with Crippen LogP contribution in [0.15, 0.2) is 72.8 Å². The molecule has 3 unspecified atom stereocenters. The third-order valence-corrected chi connectivity index (χ3v) is 9.30. The summed E-state index contributed by atoms with van der Waals surface area (Å²) in [7, 11) is 0. The zero-order valence-corrected chi connectivity index (χ0v) is 27.1. The number of ether oxygens (including phenoxy) is 2. The second-order valence-electron chi connectivity index (χ2n) is 13.1. The number of carboxylic acids is 1. The fraction of sp³-hybridized carbons (Fsp3) is 0.432. The molecule has 48 heavy (non-hydrogen) atoms. The lowest BCUT2D eigenvalue weighted by Crippen LogP contribution is -2.55. The average molecular weight is 665 g/mol. The van der Waals surface area contributed by atoms with Crippen LogP contribution in [0, 0.1) is 23.5 Å². The van der Waals surface area contributed by atoms with Crippen molar-refractivity contribution in [2.75, 3.05) is 24.7 Å². The summed E-state index contributed by atoms with van der Waals surface area (Å²) in [6, 6.07) is 18.6. The van der Waals surface area contributed by atoms with E-state index in [0.29, 0.717) is 50.1 Å². The Balaban J connectivity index is 1.22. The van der Waals surface area contributed by atoms with Crippen molar-refractivity contribution in [3.8, 4) is 0 Å². The molecule has 0 saturated carbocycles. The smallest absolute Gasteiger partial charge is 0.305 e. The van der Waals surface area contributed by atoms with Gasteiger partial charge >= 0.3 is 5.97 Å². The first-order chi connectivity index (χ1) is 22.9. The minimum atomic E-state index is -0.979. The number of amides is 2. The molecule has 2 aliphatic rings. The van der Waals surface area contributed by atoms with Crippen LogP contribution in [0.4, 0.5) is 14.5 Å². The van der Waals surface area contributed by atoms with Crippen molar-refractivity contribution in [1.82, 2.24) is 5.32 Å². The molecule has 256 valence electrons. The van der Waals surface area contributed by atoms with E-state index < -0.39 is 35.5 Å². The molecule has 0 aliphatic carbocycles. The van der Waals surface area contributed by atoms with E-state index in [9.17, 15) is 28.3 Å². The van der Waals surface area contributed by atoms with Crippen molar-refractivity contribution in [3.63, 3.8) is 0 Å². The molecule has 3 aromatic carbocycles. The van der Waals surface area contributed by atoms with Gasteiger partial charge in [0.2, 0.25) is 11.8 Å². The van der Waals surface area contributed by atoms with E-state index in [1.807, 2.05) is 38.1 Å². The summed E-state index contributed by atoms with van der Waals surface area (Å²) in [5.74, 6) is -2.70. The molecule has 2 aliphatic heterocycles. The molecule has 0 aromatic heterocycles. The highest BCUT2D eigenvalue weighted by molar-refractivity contribution is 6.03. The van der Waals surface area contributed by atoms with Gasteiger partial charge in [-0.1, -0.05) is 50.2 Å². The summed E-state index contributed by atoms with van der Waals surface area (Å²) in [6.07, 6.45) is 0.964. The third kappa shape index (κ3) is 8.44. The number of nitrogens with one attached hydrogen (secondary N) is 1. The number of rotatable bonds is 16. The van der Waals surface area contributed by atoms with Crippen LogP contribution in [-0.4, -0.2) is 59.5 Å². The number of carboxylic acid groups (broad SMARTS) is 1. The minimum absolute atomic E-state index is 0.0434. The van der Waals surface area contributed by atoms with Crippen LogP contribution in [0.3, 0.4) is 0 Å². The van der Waals surface area contributed by atoms with E-state index in [1.165, 1.54) is 36.4 Å². The largest absolute Gasteiger partial charge is 0.481 e. The molecule has 4 atom stereocenters. The first-order valence-corrected chi connectivity index (χ1v) is 16.3. The lowest BCUT2D eigenvalue weighted by atomic mass is 9.78. The highest BCUT2D eigenvalue weighted by Crippen LogP contribution is 2.46. The molecule has 0 spiro atoms. The second-order valence-corrected chi connectivity index (χ2v) is 13.1. The van der Waals surface area contributed by atoms with E-state index in [1.54, 1.807) is 17.0 Å². The highest BCUT2D eigenvalue weighted by Gasteiger charge is 2.48. The quantitative estimate of drug-likeness (QED) is 0.172. The first-order valence-electron chi connectivity index (χ1n) is 16.3. The number of benzene rings is 3. The molecular weight excluding hydrogens is 622 g/mol. The minimum Gasteiger partial charge on any atom is -0.481 e. The van der Waals surface area contributed by atoms with Gasteiger partial charge in [0.1, 0.15) is 23.8 Å². The predicted octanol–water partition coefficient (Wildman–Crippen LogP) is 5.52. The van der Waals surface area contributed by atoms with Crippen LogP contribution in [0.1, 0.15) is 68.4 Å². The summed E-state index contributed by atoms with van der Waals surface area (Å²) in [4.78, 5) is 38.8. The Bertz CT molecular complexity index is 1560. The standard InChI is InChI=1S/C37H42F2N2O7/c1-23(2)31(19-34(44)45)40-33(43)20-48-37(21-47-22-37)18-17-24-3-5-26(6-4-24)35-30(15-16-32(42)25-7-9-27(38)10-8-25)36(46)41(35)29-13-11-28(39)12-14-29/h3-14,23,30-32,35,42H,15-22H2,1-2H3,(H,40,43)(H,44,45)/t30-,31?,32?,35?/m1/s1. The molecule has 2 amide bonds.